The number of H-pyrrole nitrogens is 1. The number of aromatic amines is 1. The van der Waals surface area contributed by atoms with Crippen LogP contribution in [0.3, 0.4) is 0 Å². The van der Waals surface area contributed by atoms with Gasteiger partial charge in [-0.1, -0.05) is 0 Å². The van der Waals surface area contributed by atoms with Crippen molar-refractivity contribution in [2.45, 2.75) is 25.2 Å². The van der Waals surface area contributed by atoms with E-state index in [1.807, 2.05) is 0 Å². The summed E-state index contributed by atoms with van der Waals surface area (Å²) in [5, 5.41) is 9.16. The van der Waals surface area contributed by atoms with Crippen LogP contribution in [0.4, 0.5) is 14.5 Å². The smallest absolute Gasteiger partial charge is 0.274 e. The molecule has 1 heterocycles. The lowest BCUT2D eigenvalue weighted by Gasteiger charge is -2.05. The van der Waals surface area contributed by atoms with Crippen LogP contribution < -0.4 is 11.1 Å². The molecule has 19 heavy (non-hydrogen) atoms. The van der Waals surface area contributed by atoms with Crippen LogP contribution in [0.5, 0.6) is 0 Å². The summed E-state index contributed by atoms with van der Waals surface area (Å²) in [5.41, 5.74) is 7.15. The summed E-state index contributed by atoms with van der Waals surface area (Å²) in [5.74, 6) is -0.0512. The van der Waals surface area contributed by atoms with Gasteiger partial charge in [0.05, 0.1) is 18.0 Å². The topological polar surface area (TPSA) is 93.0 Å². The van der Waals surface area contributed by atoms with Gasteiger partial charge in [-0.25, -0.2) is 8.78 Å². The van der Waals surface area contributed by atoms with Crippen molar-refractivity contribution in [3.05, 3.63) is 11.4 Å². The first kappa shape index (κ1) is 13.7. The van der Waals surface area contributed by atoms with Gasteiger partial charge in [0, 0.05) is 12.5 Å². The third-order valence-corrected chi connectivity index (χ3v) is 2.81. The Morgan fingerprint density at radius 2 is 2.32 bits per heavy atom. The Balaban J connectivity index is 1.76. The number of rotatable bonds is 7. The number of nitrogens with one attached hydrogen (secondary N) is 2. The normalized spacial score (nSPS) is 14.9. The van der Waals surface area contributed by atoms with Crippen molar-refractivity contribution in [2.75, 3.05) is 25.5 Å². The summed E-state index contributed by atoms with van der Waals surface area (Å²) in [6.07, 6.45) is -0.400. The van der Waals surface area contributed by atoms with Crippen molar-refractivity contribution < 1.29 is 18.3 Å². The predicted octanol–water partition coefficient (Wildman–Crippen LogP) is 0.881. The number of amides is 1. The van der Waals surface area contributed by atoms with Crippen molar-refractivity contribution in [1.29, 1.82) is 0 Å². The summed E-state index contributed by atoms with van der Waals surface area (Å²) in [7, 11) is 0. The van der Waals surface area contributed by atoms with Crippen LogP contribution in [-0.2, 0) is 4.74 Å². The van der Waals surface area contributed by atoms with E-state index in [1.54, 1.807) is 0 Å². The average molecular weight is 274 g/mol. The zero-order chi connectivity index (χ0) is 13.8. The molecule has 1 aliphatic rings. The maximum absolute atomic E-state index is 11.8. The number of alkyl halides is 2. The van der Waals surface area contributed by atoms with Gasteiger partial charge in [-0.05, 0) is 12.8 Å². The molecule has 0 unspecified atom stereocenters. The van der Waals surface area contributed by atoms with E-state index in [2.05, 4.69) is 20.3 Å². The molecule has 1 aromatic rings. The Hall–Kier alpha value is -1.70. The van der Waals surface area contributed by atoms with Gasteiger partial charge in [-0.3, -0.25) is 9.89 Å². The molecule has 106 valence electrons. The van der Waals surface area contributed by atoms with Crippen LogP contribution in [0.1, 0.15) is 34.9 Å². The molecule has 0 aromatic carbocycles. The molecule has 0 aliphatic heterocycles. The lowest BCUT2D eigenvalue weighted by atomic mass is 10.2. The van der Waals surface area contributed by atoms with E-state index < -0.39 is 18.9 Å². The molecule has 8 heteroatoms. The minimum atomic E-state index is -2.50. The SMILES string of the molecule is Nc1c(C(=O)NCCOCC(F)F)n[nH]c1C1CC1. The zero-order valence-corrected chi connectivity index (χ0v) is 10.3. The van der Waals surface area contributed by atoms with E-state index in [4.69, 9.17) is 5.73 Å². The number of aromatic nitrogens is 2. The summed E-state index contributed by atoms with van der Waals surface area (Å²) < 4.78 is 28.2. The Bertz CT molecular complexity index is 446. The Morgan fingerprint density at radius 1 is 1.58 bits per heavy atom. The van der Waals surface area contributed by atoms with Crippen LogP contribution in [0, 0.1) is 0 Å². The highest BCUT2D eigenvalue weighted by Gasteiger charge is 2.30. The van der Waals surface area contributed by atoms with Gasteiger partial charge >= 0.3 is 0 Å². The second-order valence-electron chi connectivity index (χ2n) is 4.40. The first-order valence-corrected chi connectivity index (χ1v) is 6.07. The highest BCUT2D eigenvalue weighted by atomic mass is 19.3. The van der Waals surface area contributed by atoms with E-state index in [0.29, 0.717) is 11.6 Å². The number of hydrogen-bond acceptors (Lipinski definition) is 4. The number of hydrogen-bond donors (Lipinski definition) is 3. The predicted molar refractivity (Wildman–Crippen MR) is 64.1 cm³/mol. The van der Waals surface area contributed by atoms with Crippen molar-refractivity contribution in [3.8, 4) is 0 Å². The van der Waals surface area contributed by atoms with Gasteiger partial charge < -0.3 is 15.8 Å². The van der Waals surface area contributed by atoms with Crippen molar-refractivity contribution >= 4 is 11.6 Å². The molecule has 0 bridgehead atoms. The molecule has 0 saturated heterocycles. The largest absolute Gasteiger partial charge is 0.395 e. The lowest BCUT2D eigenvalue weighted by Crippen LogP contribution is -2.28. The Kier molecular flexibility index (Phi) is 4.31. The molecule has 0 spiro atoms. The second kappa shape index (κ2) is 5.96. The van der Waals surface area contributed by atoms with Crippen LogP contribution in [0.15, 0.2) is 0 Å². The number of nitrogens with zero attached hydrogens (tertiary/aromatic N) is 1. The van der Waals surface area contributed by atoms with Crippen LogP contribution in [0.25, 0.3) is 0 Å². The standard InChI is InChI=1S/C11H16F2N4O2/c12-7(13)5-19-4-3-15-11(18)10-8(14)9(16-17-10)6-1-2-6/h6-7H,1-5,14H2,(H,15,18)(H,16,17). The van der Waals surface area contributed by atoms with Gasteiger partial charge in [0.2, 0.25) is 0 Å². The van der Waals surface area contributed by atoms with Gasteiger partial charge in [0.1, 0.15) is 6.61 Å². The molecular formula is C11H16F2N4O2. The molecule has 2 rings (SSSR count). The lowest BCUT2D eigenvalue weighted by molar-refractivity contribution is 0.0188. The van der Waals surface area contributed by atoms with Gasteiger partial charge in [0.25, 0.3) is 12.3 Å². The molecule has 1 fully saturated rings. The second-order valence-corrected chi connectivity index (χ2v) is 4.40. The van der Waals surface area contributed by atoms with Crippen LogP contribution >= 0.6 is 0 Å². The van der Waals surface area contributed by atoms with E-state index in [-0.39, 0.29) is 18.8 Å². The fourth-order valence-electron chi connectivity index (χ4n) is 1.71. The molecular weight excluding hydrogens is 258 g/mol. The number of ether oxygens (including phenoxy) is 1. The van der Waals surface area contributed by atoms with Gasteiger partial charge in [-0.15, -0.1) is 0 Å². The fourth-order valence-corrected chi connectivity index (χ4v) is 1.71. The number of carbonyl (C=O) groups is 1. The maximum atomic E-state index is 11.8. The summed E-state index contributed by atoms with van der Waals surface area (Å²) >= 11 is 0. The third-order valence-electron chi connectivity index (χ3n) is 2.81. The van der Waals surface area contributed by atoms with Crippen molar-refractivity contribution in [2.24, 2.45) is 0 Å². The molecule has 1 amide bonds. The van der Waals surface area contributed by atoms with E-state index in [9.17, 15) is 13.6 Å². The molecule has 6 nitrogen and oxygen atoms in total. The van der Waals surface area contributed by atoms with Crippen molar-refractivity contribution in [3.63, 3.8) is 0 Å². The highest BCUT2D eigenvalue weighted by Crippen LogP contribution is 2.42. The van der Waals surface area contributed by atoms with Crippen LogP contribution in [0.2, 0.25) is 0 Å². The number of halogens is 2. The quantitative estimate of drug-likeness (QED) is 0.643. The molecule has 0 radical (unpaired) electrons. The van der Waals surface area contributed by atoms with E-state index in [0.717, 1.165) is 18.5 Å². The zero-order valence-electron chi connectivity index (χ0n) is 10.3. The maximum Gasteiger partial charge on any atom is 0.274 e. The third kappa shape index (κ3) is 3.63. The van der Waals surface area contributed by atoms with Crippen LogP contribution in [-0.4, -0.2) is 42.3 Å². The molecule has 1 aromatic heterocycles. The number of nitrogen functional groups attached to an aromatic ring is 1. The van der Waals surface area contributed by atoms with Gasteiger partial charge in [-0.2, -0.15) is 5.10 Å². The summed E-state index contributed by atoms with van der Waals surface area (Å²) in [6.45, 7) is -0.473. The molecule has 1 aliphatic carbocycles. The number of anilines is 1. The monoisotopic (exact) mass is 274 g/mol. The minimum absolute atomic E-state index is 0.0237. The molecule has 0 atom stereocenters. The first-order valence-electron chi connectivity index (χ1n) is 6.07. The highest BCUT2D eigenvalue weighted by molar-refractivity contribution is 5.97. The van der Waals surface area contributed by atoms with Crippen molar-refractivity contribution in [1.82, 2.24) is 15.5 Å². The molecule has 4 N–H and O–H groups in total. The molecule has 1 saturated carbocycles. The average Bonchev–Trinajstić information content (AvgIpc) is 3.12. The Labute approximate surface area is 108 Å². The summed E-state index contributed by atoms with van der Waals surface area (Å²) in [4.78, 5) is 11.7. The summed E-state index contributed by atoms with van der Waals surface area (Å²) in [6, 6.07) is 0. The fraction of sp³-hybridized carbons (Fsp3) is 0.636. The van der Waals surface area contributed by atoms with E-state index >= 15 is 0 Å². The first-order chi connectivity index (χ1) is 9.09. The number of nitrogens with two attached hydrogens (primary N) is 1. The minimum Gasteiger partial charge on any atom is -0.395 e. The Morgan fingerprint density at radius 3 is 2.95 bits per heavy atom. The van der Waals surface area contributed by atoms with Gasteiger partial charge in [0.15, 0.2) is 5.69 Å². The van der Waals surface area contributed by atoms with E-state index in [1.165, 1.54) is 0 Å². The number of carbonyl (C=O) groups excluding carboxylic acids is 1.